The third kappa shape index (κ3) is 2.84. The number of rotatable bonds is 5. The van der Waals surface area contributed by atoms with Gasteiger partial charge in [-0.2, -0.15) is 0 Å². The van der Waals surface area contributed by atoms with Crippen molar-refractivity contribution < 1.29 is 0 Å². The van der Waals surface area contributed by atoms with Gasteiger partial charge in [-0.25, -0.2) is 0 Å². The Labute approximate surface area is 117 Å². The molecule has 0 radical (unpaired) electrons. The van der Waals surface area contributed by atoms with E-state index in [1.165, 1.54) is 43.4 Å². The molecule has 2 bridgehead atoms. The maximum Gasteiger partial charge on any atom is 0.0448 e. The van der Waals surface area contributed by atoms with E-state index in [1.54, 1.807) is 0 Å². The highest BCUT2D eigenvalue weighted by molar-refractivity contribution is 5.18. The molecule has 0 aliphatic heterocycles. The van der Waals surface area contributed by atoms with E-state index < -0.39 is 0 Å². The van der Waals surface area contributed by atoms with Crippen LogP contribution in [-0.2, 0) is 6.42 Å². The predicted molar refractivity (Wildman–Crippen MR) is 79.1 cm³/mol. The first kappa shape index (κ1) is 13.1. The van der Waals surface area contributed by atoms with Crippen molar-refractivity contribution in [2.24, 2.45) is 17.8 Å². The van der Waals surface area contributed by atoms with Crippen molar-refractivity contribution in [3.05, 3.63) is 29.6 Å². The molecule has 1 aromatic rings. The quantitative estimate of drug-likeness (QED) is 0.876. The summed E-state index contributed by atoms with van der Waals surface area (Å²) in [5.74, 6) is 3.06. The minimum atomic E-state index is 0.595. The van der Waals surface area contributed by atoms with Gasteiger partial charge in [0.05, 0.1) is 0 Å². The zero-order valence-electron chi connectivity index (χ0n) is 12.2. The van der Waals surface area contributed by atoms with Crippen LogP contribution in [0.2, 0.25) is 0 Å². The molecular weight excluding hydrogens is 232 g/mol. The van der Waals surface area contributed by atoms with Crippen LogP contribution in [-0.4, -0.2) is 18.1 Å². The van der Waals surface area contributed by atoms with Crippen molar-refractivity contribution in [2.75, 3.05) is 7.05 Å². The SMILES string of the molecule is CNC(Cc1ncccc1C)CC1CC2CCC1C2. The molecule has 1 heterocycles. The summed E-state index contributed by atoms with van der Waals surface area (Å²) in [6, 6.07) is 4.80. The fourth-order valence-corrected chi connectivity index (χ4v) is 4.30. The molecule has 104 valence electrons. The van der Waals surface area contributed by atoms with E-state index in [-0.39, 0.29) is 0 Å². The molecule has 1 aromatic heterocycles. The van der Waals surface area contributed by atoms with Crippen LogP contribution >= 0.6 is 0 Å². The van der Waals surface area contributed by atoms with Crippen LogP contribution in [0.25, 0.3) is 0 Å². The topological polar surface area (TPSA) is 24.9 Å². The minimum Gasteiger partial charge on any atom is -0.317 e. The summed E-state index contributed by atoms with van der Waals surface area (Å²) in [6.45, 7) is 2.17. The van der Waals surface area contributed by atoms with Gasteiger partial charge in [-0.15, -0.1) is 0 Å². The molecule has 4 unspecified atom stereocenters. The highest BCUT2D eigenvalue weighted by Gasteiger charge is 2.39. The van der Waals surface area contributed by atoms with Crippen molar-refractivity contribution in [1.29, 1.82) is 0 Å². The second kappa shape index (κ2) is 5.62. The lowest BCUT2D eigenvalue weighted by molar-refractivity contribution is 0.281. The molecule has 2 nitrogen and oxygen atoms in total. The van der Waals surface area contributed by atoms with Gasteiger partial charge in [-0.05, 0) is 69.0 Å². The summed E-state index contributed by atoms with van der Waals surface area (Å²) in [7, 11) is 2.11. The Morgan fingerprint density at radius 1 is 1.37 bits per heavy atom. The maximum absolute atomic E-state index is 4.55. The molecule has 0 amide bonds. The molecule has 0 spiro atoms. The van der Waals surface area contributed by atoms with Crippen molar-refractivity contribution in [1.82, 2.24) is 10.3 Å². The molecule has 0 saturated heterocycles. The molecule has 2 aliphatic carbocycles. The summed E-state index contributed by atoms with van der Waals surface area (Å²) in [4.78, 5) is 4.55. The van der Waals surface area contributed by atoms with Crippen molar-refractivity contribution in [2.45, 2.75) is 51.5 Å². The monoisotopic (exact) mass is 258 g/mol. The van der Waals surface area contributed by atoms with E-state index in [0.29, 0.717) is 6.04 Å². The zero-order chi connectivity index (χ0) is 13.2. The van der Waals surface area contributed by atoms with E-state index in [2.05, 4.69) is 30.3 Å². The van der Waals surface area contributed by atoms with Crippen molar-refractivity contribution >= 4 is 0 Å². The van der Waals surface area contributed by atoms with Gasteiger partial charge in [0.1, 0.15) is 0 Å². The number of hydrogen-bond donors (Lipinski definition) is 1. The van der Waals surface area contributed by atoms with E-state index >= 15 is 0 Å². The molecule has 2 saturated carbocycles. The van der Waals surface area contributed by atoms with Crippen molar-refractivity contribution in [3.63, 3.8) is 0 Å². The van der Waals surface area contributed by atoms with Gasteiger partial charge in [0.15, 0.2) is 0 Å². The Balaban J connectivity index is 1.60. The van der Waals surface area contributed by atoms with Gasteiger partial charge in [-0.3, -0.25) is 4.98 Å². The molecular formula is C17H26N2. The number of fused-ring (bicyclic) bond motifs is 2. The molecule has 3 rings (SSSR count). The van der Waals surface area contributed by atoms with E-state index in [0.717, 1.165) is 24.2 Å². The van der Waals surface area contributed by atoms with Crippen LogP contribution in [0.3, 0.4) is 0 Å². The number of aryl methyl sites for hydroxylation is 1. The minimum absolute atomic E-state index is 0.595. The van der Waals surface area contributed by atoms with Gasteiger partial charge < -0.3 is 5.32 Å². The summed E-state index contributed by atoms with van der Waals surface area (Å²) in [5.41, 5.74) is 2.60. The normalized spacial score (nSPS) is 30.7. The van der Waals surface area contributed by atoms with Crippen LogP contribution < -0.4 is 5.32 Å². The number of hydrogen-bond acceptors (Lipinski definition) is 2. The molecule has 2 aliphatic rings. The highest BCUT2D eigenvalue weighted by atomic mass is 14.9. The third-order valence-electron chi connectivity index (χ3n) is 5.44. The first-order valence-corrected chi connectivity index (χ1v) is 7.84. The molecule has 2 fully saturated rings. The maximum atomic E-state index is 4.55. The zero-order valence-corrected chi connectivity index (χ0v) is 12.2. The number of aromatic nitrogens is 1. The Hall–Kier alpha value is -0.890. The largest absolute Gasteiger partial charge is 0.317 e. The van der Waals surface area contributed by atoms with Crippen LogP contribution in [0.15, 0.2) is 18.3 Å². The van der Waals surface area contributed by atoms with Crippen LogP contribution in [0.1, 0.15) is 43.4 Å². The Morgan fingerprint density at radius 3 is 2.89 bits per heavy atom. The lowest BCUT2D eigenvalue weighted by Crippen LogP contribution is -2.32. The van der Waals surface area contributed by atoms with Gasteiger partial charge >= 0.3 is 0 Å². The second-order valence-corrected chi connectivity index (χ2v) is 6.63. The Bertz CT molecular complexity index is 429. The van der Waals surface area contributed by atoms with E-state index in [4.69, 9.17) is 0 Å². The van der Waals surface area contributed by atoms with Crippen LogP contribution in [0, 0.1) is 24.7 Å². The summed E-state index contributed by atoms with van der Waals surface area (Å²) < 4.78 is 0. The molecule has 4 atom stereocenters. The fraction of sp³-hybridized carbons (Fsp3) is 0.706. The summed E-state index contributed by atoms with van der Waals surface area (Å²) in [5, 5.41) is 3.52. The number of likely N-dealkylation sites (N-methyl/N-ethyl adjacent to an activating group) is 1. The van der Waals surface area contributed by atoms with E-state index in [9.17, 15) is 0 Å². The Kier molecular flexibility index (Phi) is 3.88. The van der Waals surface area contributed by atoms with Crippen molar-refractivity contribution in [3.8, 4) is 0 Å². The number of nitrogens with zero attached hydrogens (tertiary/aromatic N) is 1. The van der Waals surface area contributed by atoms with Gasteiger partial charge in [0, 0.05) is 24.4 Å². The van der Waals surface area contributed by atoms with Gasteiger partial charge in [-0.1, -0.05) is 12.5 Å². The predicted octanol–water partition coefficient (Wildman–Crippen LogP) is 3.35. The molecule has 0 aromatic carbocycles. The fourth-order valence-electron chi connectivity index (χ4n) is 4.30. The summed E-state index contributed by atoms with van der Waals surface area (Å²) in [6.07, 6.45) is 10.4. The molecule has 2 heteroatoms. The lowest BCUT2D eigenvalue weighted by atomic mass is 9.83. The van der Waals surface area contributed by atoms with Crippen LogP contribution in [0.5, 0.6) is 0 Å². The van der Waals surface area contributed by atoms with Crippen LogP contribution in [0.4, 0.5) is 0 Å². The standard InChI is InChI=1S/C17H26N2/c1-12-4-3-7-19-17(12)11-16(18-2)10-15-9-13-5-6-14(15)8-13/h3-4,7,13-16,18H,5-6,8-11H2,1-2H3. The Morgan fingerprint density at radius 2 is 2.26 bits per heavy atom. The highest BCUT2D eigenvalue weighted by Crippen LogP contribution is 2.49. The van der Waals surface area contributed by atoms with Gasteiger partial charge in [0.2, 0.25) is 0 Å². The third-order valence-corrected chi connectivity index (χ3v) is 5.44. The lowest BCUT2D eigenvalue weighted by Gasteiger charge is -2.26. The number of nitrogens with one attached hydrogen (secondary N) is 1. The van der Waals surface area contributed by atoms with Gasteiger partial charge in [0.25, 0.3) is 0 Å². The first-order chi connectivity index (χ1) is 9.26. The molecule has 1 N–H and O–H groups in total. The first-order valence-electron chi connectivity index (χ1n) is 7.84. The average Bonchev–Trinajstić information content (AvgIpc) is 3.02. The summed E-state index contributed by atoms with van der Waals surface area (Å²) >= 11 is 0. The average molecular weight is 258 g/mol. The van der Waals surface area contributed by atoms with E-state index in [1.807, 2.05) is 12.3 Å². The number of pyridine rings is 1. The smallest absolute Gasteiger partial charge is 0.0448 e. The second-order valence-electron chi connectivity index (χ2n) is 6.63. The molecule has 19 heavy (non-hydrogen) atoms.